The van der Waals surface area contributed by atoms with Crippen molar-refractivity contribution in [2.45, 2.75) is 19.9 Å². The van der Waals surface area contributed by atoms with Gasteiger partial charge in [-0.2, -0.15) is 0 Å². The van der Waals surface area contributed by atoms with Crippen molar-refractivity contribution >= 4 is 11.6 Å². The van der Waals surface area contributed by atoms with Gasteiger partial charge in [0.15, 0.2) is 6.61 Å². The van der Waals surface area contributed by atoms with E-state index in [1.807, 2.05) is 62.5 Å². The summed E-state index contributed by atoms with van der Waals surface area (Å²) in [5.41, 5.74) is 3.13. The van der Waals surface area contributed by atoms with E-state index >= 15 is 0 Å². The summed E-state index contributed by atoms with van der Waals surface area (Å²) in [6.45, 7) is 4.84. The van der Waals surface area contributed by atoms with Crippen LogP contribution >= 0.6 is 0 Å². The van der Waals surface area contributed by atoms with E-state index in [4.69, 9.17) is 4.74 Å². The number of rotatable bonds is 10. The van der Waals surface area contributed by atoms with Crippen molar-refractivity contribution in [3.05, 3.63) is 59.7 Å². The van der Waals surface area contributed by atoms with Crippen LogP contribution < -0.4 is 20.7 Å². The molecule has 0 atom stereocenters. The summed E-state index contributed by atoms with van der Waals surface area (Å²) in [4.78, 5) is 11.9. The standard InChI is InChI=1S/C20H27N3O2/c1-16-4-8-18(9-5-16)23-20(24)15-25-19-10-6-17(7-11-19)14-22-13-3-12-21-2/h4-11,21-22H,3,12-15H2,1-2H3,(H,23,24). The molecule has 0 unspecified atom stereocenters. The van der Waals surface area contributed by atoms with E-state index in [9.17, 15) is 4.79 Å². The van der Waals surface area contributed by atoms with Gasteiger partial charge in [0.1, 0.15) is 5.75 Å². The Bertz CT molecular complexity index is 639. The van der Waals surface area contributed by atoms with Gasteiger partial charge in [0, 0.05) is 12.2 Å². The molecule has 0 spiro atoms. The highest BCUT2D eigenvalue weighted by atomic mass is 16.5. The van der Waals surface area contributed by atoms with E-state index < -0.39 is 0 Å². The molecule has 0 bridgehead atoms. The second-order valence-electron chi connectivity index (χ2n) is 5.98. The van der Waals surface area contributed by atoms with E-state index in [0.717, 1.165) is 37.3 Å². The largest absolute Gasteiger partial charge is 0.484 e. The molecule has 2 aromatic rings. The van der Waals surface area contributed by atoms with Crippen LogP contribution in [0.2, 0.25) is 0 Å². The molecule has 0 aliphatic rings. The maximum atomic E-state index is 11.9. The van der Waals surface area contributed by atoms with Gasteiger partial charge < -0.3 is 20.7 Å². The molecule has 134 valence electrons. The Morgan fingerprint density at radius 1 is 1.00 bits per heavy atom. The molecule has 0 saturated carbocycles. The van der Waals surface area contributed by atoms with Gasteiger partial charge in [-0.25, -0.2) is 0 Å². The summed E-state index contributed by atoms with van der Waals surface area (Å²) in [5, 5.41) is 9.33. The number of hydrogen-bond donors (Lipinski definition) is 3. The van der Waals surface area contributed by atoms with Crippen molar-refractivity contribution in [3.63, 3.8) is 0 Å². The van der Waals surface area contributed by atoms with Crippen molar-refractivity contribution in [1.29, 1.82) is 0 Å². The highest BCUT2D eigenvalue weighted by Gasteiger charge is 2.04. The highest BCUT2D eigenvalue weighted by Crippen LogP contribution is 2.13. The number of carbonyl (C=O) groups is 1. The molecule has 2 aromatic carbocycles. The van der Waals surface area contributed by atoms with Crippen molar-refractivity contribution in [3.8, 4) is 5.75 Å². The lowest BCUT2D eigenvalue weighted by Gasteiger charge is -2.09. The zero-order valence-corrected chi connectivity index (χ0v) is 15.0. The van der Waals surface area contributed by atoms with Crippen LogP contribution in [0.15, 0.2) is 48.5 Å². The van der Waals surface area contributed by atoms with Gasteiger partial charge in [0.05, 0.1) is 0 Å². The van der Waals surface area contributed by atoms with E-state index in [1.165, 1.54) is 5.56 Å². The van der Waals surface area contributed by atoms with Crippen LogP contribution in [0.4, 0.5) is 5.69 Å². The molecule has 0 aliphatic carbocycles. The molecular formula is C20H27N3O2. The van der Waals surface area contributed by atoms with Gasteiger partial charge in [-0.1, -0.05) is 29.8 Å². The second-order valence-corrected chi connectivity index (χ2v) is 5.98. The van der Waals surface area contributed by atoms with Gasteiger partial charge >= 0.3 is 0 Å². The summed E-state index contributed by atoms with van der Waals surface area (Å²) in [6.07, 6.45) is 1.10. The molecule has 5 heteroatoms. The summed E-state index contributed by atoms with van der Waals surface area (Å²) >= 11 is 0. The van der Waals surface area contributed by atoms with Gasteiger partial charge in [0.25, 0.3) is 5.91 Å². The molecule has 0 saturated heterocycles. The third-order valence-corrected chi connectivity index (χ3v) is 3.74. The lowest BCUT2D eigenvalue weighted by molar-refractivity contribution is -0.118. The topological polar surface area (TPSA) is 62.4 Å². The summed E-state index contributed by atoms with van der Waals surface area (Å²) in [7, 11) is 1.96. The van der Waals surface area contributed by atoms with Crippen LogP contribution in [-0.2, 0) is 11.3 Å². The molecule has 3 N–H and O–H groups in total. The Hall–Kier alpha value is -2.37. The summed E-state index contributed by atoms with van der Waals surface area (Å²) in [5.74, 6) is 0.525. The molecule has 25 heavy (non-hydrogen) atoms. The molecule has 0 heterocycles. The van der Waals surface area contributed by atoms with Crippen LogP contribution in [-0.4, -0.2) is 32.7 Å². The molecule has 0 aliphatic heterocycles. The lowest BCUT2D eigenvalue weighted by Crippen LogP contribution is -2.20. The van der Waals surface area contributed by atoms with Crippen LogP contribution in [0, 0.1) is 6.92 Å². The predicted octanol–water partition coefficient (Wildman–Crippen LogP) is 2.71. The zero-order valence-electron chi connectivity index (χ0n) is 15.0. The normalized spacial score (nSPS) is 10.5. The van der Waals surface area contributed by atoms with Crippen molar-refractivity contribution in [2.75, 3.05) is 32.1 Å². The molecule has 5 nitrogen and oxygen atoms in total. The van der Waals surface area contributed by atoms with Crippen molar-refractivity contribution in [1.82, 2.24) is 10.6 Å². The monoisotopic (exact) mass is 341 g/mol. The first kappa shape index (κ1) is 19.0. The minimum Gasteiger partial charge on any atom is -0.484 e. The highest BCUT2D eigenvalue weighted by molar-refractivity contribution is 5.91. The Balaban J connectivity index is 1.69. The molecule has 2 rings (SSSR count). The number of benzene rings is 2. The number of nitrogens with one attached hydrogen (secondary N) is 3. The minimum atomic E-state index is -0.167. The van der Waals surface area contributed by atoms with Crippen molar-refractivity contribution < 1.29 is 9.53 Å². The van der Waals surface area contributed by atoms with Gasteiger partial charge in [0.2, 0.25) is 0 Å². The fraction of sp³-hybridized carbons (Fsp3) is 0.350. The van der Waals surface area contributed by atoms with Crippen LogP contribution in [0.5, 0.6) is 5.75 Å². The van der Waals surface area contributed by atoms with Gasteiger partial charge in [-0.3, -0.25) is 4.79 Å². The number of anilines is 1. The van der Waals surface area contributed by atoms with Crippen LogP contribution in [0.25, 0.3) is 0 Å². The molecule has 1 amide bonds. The lowest BCUT2D eigenvalue weighted by atomic mass is 10.2. The second kappa shape index (κ2) is 10.5. The number of hydrogen-bond acceptors (Lipinski definition) is 4. The van der Waals surface area contributed by atoms with E-state index in [2.05, 4.69) is 16.0 Å². The van der Waals surface area contributed by atoms with E-state index in [-0.39, 0.29) is 12.5 Å². The molecule has 0 fully saturated rings. The first-order chi connectivity index (χ1) is 12.2. The average molecular weight is 341 g/mol. The number of ether oxygens (including phenoxy) is 1. The van der Waals surface area contributed by atoms with Crippen LogP contribution in [0.3, 0.4) is 0 Å². The Morgan fingerprint density at radius 3 is 2.40 bits per heavy atom. The van der Waals surface area contributed by atoms with Gasteiger partial charge in [-0.15, -0.1) is 0 Å². The summed E-state index contributed by atoms with van der Waals surface area (Å²) < 4.78 is 5.54. The Morgan fingerprint density at radius 2 is 1.72 bits per heavy atom. The Labute approximate surface area is 149 Å². The third-order valence-electron chi connectivity index (χ3n) is 3.74. The van der Waals surface area contributed by atoms with Crippen LogP contribution in [0.1, 0.15) is 17.5 Å². The van der Waals surface area contributed by atoms with E-state index in [0.29, 0.717) is 5.75 Å². The minimum absolute atomic E-state index is 0.00447. The quantitative estimate of drug-likeness (QED) is 0.582. The number of aryl methyl sites for hydroxylation is 1. The predicted molar refractivity (Wildman–Crippen MR) is 102 cm³/mol. The zero-order chi connectivity index (χ0) is 17.9. The molecular weight excluding hydrogens is 314 g/mol. The summed E-state index contributed by atoms with van der Waals surface area (Å²) in [6, 6.07) is 15.5. The average Bonchev–Trinajstić information content (AvgIpc) is 2.63. The van der Waals surface area contributed by atoms with Gasteiger partial charge in [-0.05, 0) is 63.3 Å². The fourth-order valence-corrected chi connectivity index (χ4v) is 2.31. The maximum Gasteiger partial charge on any atom is 0.262 e. The first-order valence-corrected chi connectivity index (χ1v) is 8.61. The number of carbonyl (C=O) groups excluding carboxylic acids is 1. The molecule has 0 aromatic heterocycles. The first-order valence-electron chi connectivity index (χ1n) is 8.61. The van der Waals surface area contributed by atoms with Crippen molar-refractivity contribution in [2.24, 2.45) is 0 Å². The maximum absolute atomic E-state index is 11.9. The van der Waals surface area contributed by atoms with E-state index in [1.54, 1.807) is 0 Å². The number of amides is 1. The smallest absolute Gasteiger partial charge is 0.262 e. The SMILES string of the molecule is CNCCCNCc1ccc(OCC(=O)Nc2ccc(C)cc2)cc1. The Kier molecular flexibility index (Phi) is 7.95. The third kappa shape index (κ3) is 7.37. The fourth-order valence-electron chi connectivity index (χ4n) is 2.31. The molecule has 0 radical (unpaired) electrons.